The molecule has 0 aliphatic heterocycles. The van der Waals surface area contributed by atoms with Crippen LogP contribution in [0.15, 0.2) is 30.3 Å². The minimum atomic E-state index is -2.27. The van der Waals surface area contributed by atoms with Crippen molar-refractivity contribution in [3.8, 4) is 0 Å². The summed E-state index contributed by atoms with van der Waals surface area (Å²) in [5.41, 5.74) is 2.62. The van der Waals surface area contributed by atoms with Crippen LogP contribution < -0.4 is 11.3 Å². The predicted octanol–water partition coefficient (Wildman–Crippen LogP) is -1.83. The Morgan fingerprint density at radius 3 is 1.65 bits per heavy atom. The molecule has 0 radical (unpaired) electrons. The first-order valence-electron chi connectivity index (χ1n) is 5.19. The molecular weight excluding hydrogens is 272 g/mol. The van der Waals surface area contributed by atoms with Crippen LogP contribution >= 0.6 is 0 Å². The third-order valence-corrected chi connectivity index (χ3v) is 1.97. The number of aliphatic hydroxyl groups is 2. The lowest BCUT2D eigenvalue weighted by Crippen LogP contribution is -2.39. The monoisotopic (exact) mass is 286 g/mol. The molecule has 1 aromatic carbocycles. The number of carboxylic acids is 2. The van der Waals surface area contributed by atoms with Gasteiger partial charge in [-0.05, 0) is 12.1 Å². The molecule has 2 atom stereocenters. The minimum Gasteiger partial charge on any atom is -0.479 e. The molecule has 0 aliphatic carbocycles. The summed E-state index contributed by atoms with van der Waals surface area (Å²) in [4.78, 5) is 30.3. The average Bonchev–Trinajstić information content (AvgIpc) is 2.46. The molecule has 0 spiro atoms. The van der Waals surface area contributed by atoms with E-state index in [9.17, 15) is 14.4 Å². The summed E-state index contributed by atoms with van der Waals surface area (Å²) < 4.78 is 0. The number of nitrogen functional groups attached to an aromatic ring is 1. The van der Waals surface area contributed by atoms with Gasteiger partial charge >= 0.3 is 11.9 Å². The lowest BCUT2D eigenvalue weighted by Gasteiger charge is -2.07. The summed E-state index contributed by atoms with van der Waals surface area (Å²) in [5.74, 6) is 1.10. The van der Waals surface area contributed by atoms with Gasteiger partial charge in [-0.25, -0.2) is 15.4 Å². The molecule has 0 saturated heterocycles. The van der Waals surface area contributed by atoms with Crippen LogP contribution in [0.2, 0.25) is 0 Å². The fourth-order valence-electron chi connectivity index (χ4n) is 0.943. The van der Waals surface area contributed by atoms with Gasteiger partial charge in [-0.3, -0.25) is 10.2 Å². The van der Waals surface area contributed by atoms with Crippen molar-refractivity contribution in [3.63, 3.8) is 0 Å². The van der Waals surface area contributed by atoms with Crippen LogP contribution in [0, 0.1) is 0 Å². The van der Waals surface area contributed by atoms with Gasteiger partial charge in [0.05, 0.1) is 0 Å². The lowest BCUT2D eigenvalue weighted by atomic mass is 10.2. The summed E-state index contributed by atoms with van der Waals surface area (Å²) >= 11 is 0. The van der Waals surface area contributed by atoms with Gasteiger partial charge in [0.1, 0.15) is 0 Å². The molecule has 9 heteroatoms. The van der Waals surface area contributed by atoms with Gasteiger partial charge in [0.15, 0.2) is 12.2 Å². The first kappa shape index (κ1) is 17.5. The number of nitrogens with one attached hydrogen (secondary N) is 1. The molecule has 110 valence electrons. The van der Waals surface area contributed by atoms with Crippen molar-refractivity contribution >= 4 is 17.8 Å². The molecule has 0 aliphatic rings. The quantitative estimate of drug-likeness (QED) is 0.213. The van der Waals surface area contributed by atoms with Crippen molar-refractivity contribution in [2.75, 3.05) is 0 Å². The maximum atomic E-state index is 10.8. The second-order valence-electron chi connectivity index (χ2n) is 3.41. The number of carbonyl (C=O) groups is 3. The number of rotatable bonds is 4. The van der Waals surface area contributed by atoms with Crippen molar-refractivity contribution < 1.29 is 34.8 Å². The number of aliphatic hydroxyl groups excluding tert-OH is 2. The molecule has 9 nitrogen and oxygen atoms in total. The molecule has 0 heterocycles. The Bertz CT molecular complexity index is 445. The van der Waals surface area contributed by atoms with Gasteiger partial charge in [0.2, 0.25) is 0 Å². The Kier molecular flexibility index (Phi) is 7.52. The Morgan fingerprint density at radius 2 is 1.35 bits per heavy atom. The van der Waals surface area contributed by atoms with Crippen molar-refractivity contribution in [1.29, 1.82) is 0 Å². The molecule has 20 heavy (non-hydrogen) atoms. The van der Waals surface area contributed by atoms with Crippen LogP contribution in [0.5, 0.6) is 0 Å². The summed E-state index contributed by atoms with van der Waals surface area (Å²) in [6.45, 7) is 0. The van der Waals surface area contributed by atoms with E-state index in [2.05, 4.69) is 0 Å². The van der Waals surface area contributed by atoms with Gasteiger partial charge in [0, 0.05) is 5.56 Å². The molecular formula is C11H14N2O7. The van der Waals surface area contributed by atoms with Crippen molar-refractivity contribution in [2.45, 2.75) is 12.2 Å². The Balaban J connectivity index is 0.000000361. The zero-order valence-corrected chi connectivity index (χ0v) is 10.1. The number of carbonyl (C=O) groups excluding carboxylic acids is 1. The van der Waals surface area contributed by atoms with E-state index in [0.29, 0.717) is 5.56 Å². The Labute approximate surface area is 113 Å². The summed E-state index contributed by atoms with van der Waals surface area (Å²) in [6, 6.07) is 8.80. The molecule has 2 unspecified atom stereocenters. The van der Waals surface area contributed by atoms with E-state index in [1.165, 1.54) is 0 Å². The number of hydrogen-bond donors (Lipinski definition) is 6. The van der Waals surface area contributed by atoms with Crippen LogP contribution in [0.3, 0.4) is 0 Å². The largest absolute Gasteiger partial charge is 0.479 e. The second-order valence-corrected chi connectivity index (χ2v) is 3.41. The van der Waals surface area contributed by atoms with E-state index >= 15 is 0 Å². The number of aliphatic carboxylic acids is 2. The molecule has 0 bridgehead atoms. The summed E-state index contributed by atoms with van der Waals surface area (Å²) in [6.07, 6.45) is -4.53. The fourth-order valence-corrected chi connectivity index (χ4v) is 0.943. The molecule has 1 aromatic rings. The van der Waals surface area contributed by atoms with Crippen molar-refractivity contribution in [2.24, 2.45) is 5.84 Å². The van der Waals surface area contributed by atoms with E-state index in [1.54, 1.807) is 24.3 Å². The highest BCUT2D eigenvalue weighted by molar-refractivity contribution is 5.93. The maximum absolute atomic E-state index is 10.8. The van der Waals surface area contributed by atoms with Gasteiger partial charge in [-0.15, -0.1) is 0 Å². The molecule has 7 N–H and O–H groups in total. The lowest BCUT2D eigenvalue weighted by molar-refractivity contribution is -0.165. The van der Waals surface area contributed by atoms with Crippen LogP contribution in [-0.2, 0) is 9.59 Å². The number of nitrogens with two attached hydrogens (primary N) is 1. The Hall–Kier alpha value is -2.49. The van der Waals surface area contributed by atoms with E-state index in [1.807, 2.05) is 11.5 Å². The fraction of sp³-hybridized carbons (Fsp3) is 0.182. The number of hydrazine groups is 1. The predicted molar refractivity (Wildman–Crippen MR) is 65.4 cm³/mol. The second kappa shape index (κ2) is 8.58. The number of benzene rings is 1. The highest BCUT2D eigenvalue weighted by Gasteiger charge is 2.29. The molecule has 1 rings (SSSR count). The highest BCUT2D eigenvalue weighted by Crippen LogP contribution is 1.96. The maximum Gasteiger partial charge on any atom is 0.335 e. The number of hydrogen-bond acceptors (Lipinski definition) is 6. The van der Waals surface area contributed by atoms with Crippen molar-refractivity contribution in [1.82, 2.24) is 5.43 Å². The third kappa shape index (κ3) is 5.91. The van der Waals surface area contributed by atoms with E-state index in [-0.39, 0.29) is 5.91 Å². The van der Waals surface area contributed by atoms with Gasteiger partial charge in [0.25, 0.3) is 5.91 Å². The molecule has 1 amide bonds. The minimum absolute atomic E-state index is 0.263. The van der Waals surface area contributed by atoms with E-state index in [0.717, 1.165) is 0 Å². The van der Waals surface area contributed by atoms with Gasteiger partial charge in [-0.2, -0.15) is 0 Å². The molecule has 0 saturated carbocycles. The zero-order chi connectivity index (χ0) is 15.7. The first-order valence-corrected chi connectivity index (χ1v) is 5.19. The first-order chi connectivity index (χ1) is 9.31. The van der Waals surface area contributed by atoms with Crippen molar-refractivity contribution in [3.05, 3.63) is 35.9 Å². The zero-order valence-electron chi connectivity index (χ0n) is 10.1. The normalized spacial score (nSPS) is 12.3. The van der Waals surface area contributed by atoms with Gasteiger partial charge in [-0.1, -0.05) is 18.2 Å². The van der Waals surface area contributed by atoms with Gasteiger partial charge < -0.3 is 20.4 Å². The topological polar surface area (TPSA) is 170 Å². The van der Waals surface area contributed by atoms with E-state index in [4.69, 9.17) is 26.3 Å². The standard InChI is InChI=1S/C7H8N2O.C4H6O6/c8-9-7(10)6-4-2-1-3-5-6;5-1(3(7)8)2(6)4(9)10/h1-5H,8H2,(H,9,10);1-2,5-6H,(H,7,8)(H,9,10). The third-order valence-electron chi connectivity index (χ3n) is 1.97. The number of carboxylic acid groups (broad SMARTS) is 2. The molecule has 0 aromatic heterocycles. The molecule has 0 fully saturated rings. The SMILES string of the molecule is NNC(=O)c1ccccc1.O=C(O)C(O)C(O)C(=O)O. The Morgan fingerprint density at radius 1 is 0.950 bits per heavy atom. The number of amides is 1. The van der Waals surface area contributed by atoms with Crippen LogP contribution in [-0.4, -0.2) is 50.5 Å². The average molecular weight is 286 g/mol. The van der Waals surface area contributed by atoms with Crippen LogP contribution in [0.1, 0.15) is 10.4 Å². The highest BCUT2D eigenvalue weighted by atomic mass is 16.4. The summed E-state index contributed by atoms with van der Waals surface area (Å²) in [5, 5.41) is 32.5. The van der Waals surface area contributed by atoms with Crippen LogP contribution in [0.25, 0.3) is 0 Å². The van der Waals surface area contributed by atoms with Crippen LogP contribution in [0.4, 0.5) is 0 Å². The summed E-state index contributed by atoms with van der Waals surface area (Å²) in [7, 11) is 0. The smallest absolute Gasteiger partial charge is 0.335 e. The van der Waals surface area contributed by atoms with E-state index < -0.39 is 24.1 Å².